The van der Waals surface area contributed by atoms with Crippen LogP contribution in [0.4, 0.5) is 0 Å². The first-order valence-corrected chi connectivity index (χ1v) is 14.7. The molecular formula is C31H42N4O5S. The first kappa shape index (κ1) is 30.7. The smallest absolute Gasteiger partial charge is 0.334 e. The van der Waals surface area contributed by atoms with Gasteiger partial charge in [0.1, 0.15) is 16.4 Å². The molecule has 0 unspecified atom stereocenters. The van der Waals surface area contributed by atoms with E-state index in [1.807, 2.05) is 39.8 Å². The number of amides is 1. The van der Waals surface area contributed by atoms with Crippen LogP contribution in [-0.2, 0) is 26.2 Å². The number of hydrogen-bond donors (Lipinski definition) is 0. The van der Waals surface area contributed by atoms with Gasteiger partial charge in [-0.1, -0.05) is 26.8 Å². The van der Waals surface area contributed by atoms with Crippen LogP contribution in [0.3, 0.4) is 0 Å². The van der Waals surface area contributed by atoms with E-state index in [1.165, 1.54) is 11.3 Å². The summed E-state index contributed by atoms with van der Waals surface area (Å²) >= 11 is 1.52. The number of esters is 1. The van der Waals surface area contributed by atoms with Gasteiger partial charge in [0, 0.05) is 42.1 Å². The first-order valence-electron chi connectivity index (χ1n) is 13.8. The molecule has 3 heterocycles. The Morgan fingerprint density at radius 1 is 1.15 bits per heavy atom. The Kier molecular flexibility index (Phi) is 8.66. The van der Waals surface area contributed by atoms with Gasteiger partial charge in [-0.05, 0) is 63.3 Å². The van der Waals surface area contributed by atoms with Gasteiger partial charge in [-0.2, -0.15) is 5.10 Å². The third-order valence-electron chi connectivity index (χ3n) is 7.30. The second-order valence-electron chi connectivity index (χ2n) is 12.8. The Bertz CT molecular complexity index is 1370. The fraction of sp³-hybridized carbons (Fsp3) is 0.548. The normalized spacial score (nSPS) is 21.2. The predicted octanol–water partition coefficient (Wildman–Crippen LogP) is 5.58. The van der Waals surface area contributed by atoms with E-state index < -0.39 is 23.2 Å². The first-order chi connectivity index (χ1) is 19.2. The lowest BCUT2D eigenvalue weighted by Crippen LogP contribution is -2.58. The maximum atomic E-state index is 14.8. The van der Waals surface area contributed by atoms with Crippen LogP contribution >= 0.6 is 11.3 Å². The summed E-state index contributed by atoms with van der Waals surface area (Å²) in [4.78, 5) is 36.6. The van der Waals surface area contributed by atoms with Crippen LogP contribution in [0.15, 0.2) is 42.9 Å². The quantitative estimate of drug-likeness (QED) is 0.320. The van der Waals surface area contributed by atoms with Crippen molar-refractivity contribution in [2.24, 2.45) is 5.92 Å². The molecule has 1 amide bonds. The number of rotatable bonds is 8. The van der Waals surface area contributed by atoms with E-state index >= 15 is 0 Å². The van der Waals surface area contributed by atoms with Crippen LogP contribution in [0.1, 0.15) is 79.8 Å². The Labute approximate surface area is 246 Å². The summed E-state index contributed by atoms with van der Waals surface area (Å²) < 4.78 is 19.2. The number of methoxy groups -OCH3 is 2. The molecule has 3 aromatic rings. The monoisotopic (exact) mass is 582 g/mol. The van der Waals surface area contributed by atoms with Crippen molar-refractivity contribution in [3.63, 3.8) is 0 Å². The number of benzene rings is 1. The number of thiazole rings is 1. The van der Waals surface area contributed by atoms with E-state index in [0.29, 0.717) is 24.3 Å². The molecule has 41 heavy (non-hydrogen) atoms. The number of aromatic nitrogens is 3. The van der Waals surface area contributed by atoms with Crippen LogP contribution in [0.2, 0.25) is 0 Å². The molecule has 10 heteroatoms. The molecule has 222 valence electrons. The molecule has 0 bridgehead atoms. The molecule has 9 nitrogen and oxygen atoms in total. The van der Waals surface area contributed by atoms with Crippen molar-refractivity contribution in [3.05, 3.63) is 63.9 Å². The van der Waals surface area contributed by atoms with E-state index in [4.69, 9.17) is 19.2 Å². The highest BCUT2D eigenvalue weighted by atomic mass is 32.1. The summed E-state index contributed by atoms with van der Waals surface area (Å²) in [7, 11) is 3.24. The van der Waals surface area contributed by atoms with Gasteiger partial charge in [0.25, 0.3) is 5.91 Å². The maximum Gasteiger partial charge on any atom is 0.334 e. The highest BCUT2D eigenvalue weighted by Gasteiger charge is 2.61. The SMILES string of the molecule is COC[C@H]1C[C@@](Cn2cccn2)(C(=O)OC(C)(C)C)N(C(=O)c2ccc(C(C)(C)C)c(OC)c2)[C@H]1c1ncc(C)s1. The van der Waals surface area contributed by atoms with Crippen LogP contribution in [0.25, 0.3) is 0 Å². The molecular weight excluding hydrogens is 540 g/mol. The summed E-state index contributed by atoms with van der Waals surface area (Å²) in [5.74, 6) is -0.386. The minimum Gasteiger partial charge on any atom is -0.496 e. The summed E-state index contributed by atoms with van der Waals surface area (Å²) in [5.41, 5.74) is -0.935. The molecule has 1 fully saturated rings. The minimum atomic E-state index is -1.38. The van der Waals surface area contributed by atoms with Gasteiger partial charge in [0.05, 0.1) is 26.3 Å². The largest absolute Gasteiger partial charge is 0.496 e. The van der Waals surface area contributed by atoms with Crippen molar-refractivity contribution < 1.29 is 23.8 Å². The van der Waals surface area contributed by atoms with Gasteiger partial charge >= 0.3 is 5.97 Å². The highest BCUT2D eigenvalue weighted by molar-refractivity contribution is 7.11. The van der Waals surface area contributed by atoms with E-state index in [1.54, 1.807) is 54.5 Å². The van der Waals surface area contributed by atoms with E-state index in [2.05, 4.69) is 25.9 Å². The van der Waals surface area contributed by atoms with Crippen molar-refractivity contribution in [2.45, 2.75) is 84.0 Å². The lowest BCUT2D eigenvalue weighted by Gasteiger charge is -2.40. The number of likely N-dealkylation sites (tertiary alicyclic amines) is 1. The van der Waals surface area contributed by atoms with Gasteiger partial charge in [-0.15, -0.1) is 11.3 Å². The van der Waals surface area contributed by atoms with Gasteiger partial charge in [-0.3, -0.25) is 9.48 Å². The van der Waals surface area contributed by atoms with Crippen LogP contribution in [-0.4, -0.2) is 63.5 Å². The summed E-state index contributed by atoms with van der Waals surface area (Å²) in [6, 6.07) is 6.80. The molecule has 3 atom stereocenters. The molecule has 4 rings (SSSR count). The zero-order valence-electron chi connectivity index (χ0n) is 25.6. The summed E-state index contributed by atoms with van der Waals surface area (Å²) in [6.45, 7) is 14.2. The van der Waals surface area contributed by atoms with Gasteiger partial charge in [-0.25, -0.2) is 9.78 Å². The minimum absolute atomic E-state index is 0.124. The topological polar surface area (TPSA) is 95.8 Å². The van der Waals surface area contributed by atoms with E-state index in [-0.39, 0.29) is 23.8 Å². The Hall–Kier alpha value is -3.24. The molecule has 1 aliphatic heterocycles. The summed E-state index contributed by atoms with van der Waals surface area (Å²) in [6.07, 6.45) is 5.58. The molecule has 1 aromatic carbocycles. The van der Waals surface area contributed by atoms with E-state index in [9.17, 15) is 9.59 Å². The third kappa shape index (κ3) is 6.33. The van der Waals surface area contributed by atoms with Crippen LogP contribution in [0.5, 0.6) is 5.75 Å². The molecule has 0 spiro atoms. The lowest BCUT2D eigenvalue weighted by atomic mass is 9.85. The van der Waals surface area contributed by atoms with Crippen molar-refractivity contribution in [2.75, 3.05) is 20.8 Å². The maximum absolute atomic E-state index is 14.8. The second-order valence-corrected chi connectivity index (χ2v) is 14.0. The lowest BCUT2D eigenvalue weighted by molar-refractivity contribution is -0.168. The fourth-order valence-corrected chi connectivity index (χ4v) is 6.59. The fourth-order valence-electron chi connectivity index (χ4n) is 5.63. The van der Waals surface area contributed by atoms with Gasteiger partial charge in [0.2, 0.25) is 0 Å². The third-order valence-corrected chi connectivity index (χ3v) is 8.28. The number of aryl methyl sites for hydroxylation is 1. The molecule has 0 radical (unpaired) electrons. The zero-order valence-corrected chi connectivity index (χ0v) is 26.4. The molecule has 2 aromatic heterocycles. The Balaban J connectivity index is 1.95. The number of carbonyl (C=O) groups excluding carboxylic acids is 2. The number of hydrogen-bond acceptors (Lipinski definition) is 8. The van der Waals surface area contributed by atoms with Crippen molar-refractivity contribution in [1.29, 1.82) is 0 Å². The molecule has 0 aliphatic carbocycles. The number of nitrogens with zero attached hydrogens (tertiary/aromatic N) is 4. The molecule has 1 saturated heterocycles. The zero-order chi connectivity index (χ0) is 30.2. The predicted molar refractivity (Wildman–Crippen MR) is 158 cm³/mol. The Morgan fingerprint density at radius 2 is 1.88 bits per heavy atom. The van der Waals surface area contributed by atoms with Crippen molar-refractivity contribution >= 4 is 23.2 Å². The average molecular weight is 583 g/mol. The standard InChI is InChI=1S/C31H42N4O5S/c1-20-17-32-26(41-20)25-22(18-38-8)16-31(19-34-14-10-13-33-34,28(37)40-30(5,6)7)35(25)27(36)21-11-12-23(29(2,3)4)24(15-21)39-9/h10-15,17,22,25H,16,18-19H2,1-9H3/t22-,25-,31-/m1/s1. The molecule has 1 aliphatic rings. The van der Waals surface area contributed by atoms with Gasteiger partial charge < -0.3 is 19.1 Å². The molecule has 0 saturated carbocycles. The number of ether oxygens (including phenoxy) is 3. The van der Waals surface area contributed by atoms with Crippen LogP contribution < -0.4 is 4.74 Å². The highest BCUT2D eigenvalue weighted by Crippen LogP contribution is 2.50. The van der Waals surface area contributed by atoms with E-state index in [0.717, 1.165) is 15.4 Å². The number of carbonyl (C=O) groups is 2. The average Bonchev–Trinajstić information content (AvgIpc) is 3.62. The summed E-state index contributed by atoms with van der Waals surface area (Å²) in [5, 5.41) is 5.17. The molecule has 0 N–H and O–H groups in total. The second kappa shape index (κ2) is 11.6. The van der Waals surface area contributed by atoms with Crippen molar-refractivity contribution in [3.8, 4) is 5.75 Å². The van der Waals surface area contributed by atoms with Crippen molar-refractivity contribution in [1.82, 2.24) is 19.7 Å². The van der Waals surface area contributed by atoms with Crippen LogP contribution in [0, 0.1) is 12.8 Å². The Morgan fingerprint density at radius 3 is 2.41 bits per heavy atom. The van der Waals surface area contributed by atoms with Gasteiger partial charge in [0.15, 0.2) is 5.54 Å².